The molecule has 1 N–H and O–H groups in total. The van der Waals surface area contributed by atoms with Crippen LogP contribution in [0.1, 0.15) is 10.5 Å². The van der Waals surface area contributed by atoms with Crippen molar-refractivity contribution in [1.29, 1.82) is 0 Å². The van der Waals surface area contributed by atoms with E-state index in [-0.39, 0.29) is 22.1 Å². The van der Waals surface area contributed by atoms with Crippen molar-refractivity contribution in [2.75, 3.05) is 0 Å². The standard InChI is InChI=1S/C13H6BrClFN3O2/c14-6-1-2-7(8(16)3-6)9-5-12-17-10(13(20)21)4-11(15)19(12)18-9/h1-5H,(H,20,21). The molecule has 3 aromatic rings. The van der Waals surface area contributed by atoms with Crippen molar-refractivity contribution < 1.29 is 14.3 Å². The Bertz CT molecular complexity index is 881. The predicted molar refractivity (Wildman–Crippen MR) is 78.1 cm³/mol. The van der Waals surface area contributed by atoms with E-state index in [0.29, 0.717) is 10.2 Å². The highest BCUT2D eigenvalue weighted by Gasteiger charge is 2.15. The molecule has 0 unspecified atom stereocenters. The van der Waals surface area contributed by atoms with Crippen LogP contribution in [0.3, 0.4) is 0 Å². The maximum Gasteiger partial charge on any atom is 0.354 e. The quantitative estimate of drug-likeness (QED) is 0.699. The molecule has 3 rings (SSSR count). The van der Waals surface area contributed by atoms with Gasteiger partial charge in [-0.05, 0) is 18.2 Å². The average Bonchev–Trinajstić information content (AvgIpc) is 2.82. The summed E-state index contributed by atoms with van der Waals surface area (Å²) < 4.78 is 15.8. The number of carboxylic acids is 1. The summed E-state index contributed by atoms with van der Waals surface area (Å²) >= 11 is 9.14. The van der Waals surface area contributed by atoms with Crippen LogP contribution in [0.15, 0.2) is 34.8 Å². The van der Waals surface area contributed by atoms with Crippen molar-refractivity contribution in [3.05, 3.63) is 51.5 Å². The Balaban J connectivity index is 2.21. The summed E-state index contributed by atoms with van der Waals surface area (Å²) in [6.07, 6.45) is 0. The minimum absolute atomic E-state index is 0.0844. The van der Waals surface area contributed by atoms with E-state index in [2.05, 4.69) is 26.0 Å². The van der Waals surface area contributed by atoms with Gasteiger partial charge in [0.2, 0.25) is 0 Å². The molecule has 0 spiro atoms. The van der Waals surface area contributed by atoms with Crippen LogP contribution in [0, 0.1) is 5.82 Å². The summed E-state index contributed by atoms with van der Waals surface area (Å²) in [7, 11) is 0. The highest BCUT2D eigenvalue weighted by Crippen LogP contribution is 2.26. The van der Waals surface area contributed by atoms with E-state index in [0.717, 1.165) is 0 Å². The van der Waals surface area contributed by atoms with Gasteiger partial charge in [0, 0.05) is 22.2 Å². The number of fused-ring (bicyclic) bond motifs is 1. The average molecular weight is 371 g/mol. The molecule has 0 aliphatic carbocycles. The number of rotatable bonds is 2. The summed E-state index contributed by atoms with van der Waals surface area (Å²) in [6.45, 7) is 0. The van der Waals surface area contributed by atoms with Crippen LogP contribution in [0.2, 0.25) is 5.15 Å². The van der Waals surface area contributed by atoms with Crippen LogP contribution >= 0.6 is 27.5 Å². The number of carbonyl (C=O) groups is 1. The Morgan fingerprint density at radius 2 is 2.10 bits per heavy atom. The van der Waals surface area contributed by atoms with E-state index in [1.807, 2.05) is 0 Å². The lowest BCUT2D eigenvalue weighted by Gasteiger charge is -1.99. The number of halogens is 3. The number of benzene rings is 1. The largest absolute Gasteiger partial charge is 0.477 e. The first-order valence-corrected chi connectivity index (χ1v) is 6.88. The van der Waals surface area contributed by atoms with Crippen LogP contribution in [0.25, 0.3) is 16.9 Å². The molecule has 0 amide bonds. The Kier molecular flexibility index (Phi) is 3.38. The summed E-state index contributed by atoms with van der Waals surface area (Å²) in [4.78, 5) is 14.9. The SMILES string of the molecule is O=C(O)c1cc(Cl)n2nc(-c3ccc(Br)cc3F)cc2n1. The van der Waals surface area contributed by atoms with Gasteiger partial charge in [-0.2, -0.15) is 5.10 Å². The van der Waals surface area contributed by atoms with Gasteiger partial charge in [0.1, 0.15) is 11.0 Å². The predicted octanol–water partition coefficient (Wildman–Crippen LogP) is 3.65. The zero-order valence-electron chi connectivity index (χ0n) is 10.2. The Labute approximate surface area is 131 Å². The third kappa shape index (κ3) is 2.50. The molecular formula is C13H6BrClFN3O2. The molecule has 0 aliphatic rings. The first-order chi connectivity index (χ1) is 9.95. The second kappa shape index (κ2) is 5.09. The summed E-state index contributed by atoms with van der Waals surface area (Å²) in [6, 6.07) is 7.22. The van der Waals surface area contributed by atoms with Crippen molar-refractivity contribution in [3.63, 3.8) is 0 Å². The van der Waals surface area contributed by atoms with Crippen molar-refractivity contribution in [2.45, 2.75) is 0 Å². The molecule has 0 atom stereocenters. The molecule has 5 nitrogen and oxygen atoms in total. The fourth-order valence-corrected chi connectivity index (χ4v) is 2.44. The van der Waals surface area contributed by atoms with Crippen LogP contribution in [-0.4, -0.2) is 25.7 Å². The highest BCUT2D eigenvalue weighted by molar-refractivity contribution is 9.10. The summed E-state index contributed by atoms with van der Waals surface area (Å²) in [5, 5.41) is 13.2. The van der Waals surface area contributed by atoms with E-state index in [4.69, 9.17) is 16.7 Å². The lowest BCUT2D eigenvalue weighted by atomic mass is 10.1. The van der Waals surface area contributed by atoms with E-state index in [1.165, 1.54) is 22.7 Å². The van der Waals surface area contributed by atoms with Gasteiger partial charge in [-0.3, -0.25) is 0 Å². The Hall–Kier alpha value is -1.99. The zero-order valence-corrected chi connectivity index (χ0v) is 12.6. The van der Waals surface area contributed by atoms with Gasteiger partial charge in [-0.15, -0.1) is 0 Å². The molecule has 2 aromatic heterocycles. The molecule has 0 radical (unpaired) electrons. The third-order valence-corrected chi connectivity index (χ3v) is 3.57. The summed E-state index contributed by atoms with van der Waals surface area (Å²) in [5.41, 5.74) is 0.626. The van der Waals surface area contributed by atoms with Gasteiger partial charge < -0.3 is 5.11 Å². The second-order valence-electron chi connectivity index (χ2n) is 4.19. The Morgan fingerprint density at radius 1 is 1.33 bits per heavy atom. The van der Waals surface area contributed by atoms with E-state index in [1.54, 1.807) is 12.1 Å². The molecule has 8 heteroatoms. The zero-order chi connectivity index (χ0) is 15.1. The fourth-order valence-electron chi connectivity index (χ4n) is 1.88. The molecule has 0 saturated heterocycles. The molecule has 0 aliphatic heterocycles. The van der Waals surface area contributed by atoms with Crippen LogP contribution in [0.4, 0.5) is 4.39 Å². The van der Waals surface area contributed by atoms with Gasteiger partial charge >= 0.3 is 5.97 Å². The van der Waals surface area contributed by atoms with Crippen molar-refractivity contribution in [3.8, 4) is 11.3 Å². The number of carboxylic acid groups (broad SMARTS) is 1. The van der Waals surface area contributed by atoms with Crippen molar-refractivity contribution in [2.24, 2.45) is 0 Å². The molecule has 106 valence electrons. The minimum Gasteiger partial charge on any atom is -0.477 e. The lowest BCUT2D eigenvalue weighted by Crippen LogP contribution is -2.03. The normalized spacial score (nSPS) is 11.0. The van der Waals surface area contributed by atoms with Crippen molar-refractivity contribution in [1.82, 2.24) is 14.6 Å². The summed E-state index contributed by atoms with van der Waals surface area (Å²) in [5.74, 6) is -1.65. The maximum atomic E-state index is 13.9. The number of hydrogen-bond donors (Lipinski definition) is 1. The van der Waals surface area contributed by atoms with Crippen molar-refractivity contribution >= 4 is 39.1 Å². The molecule has 21 heavy (non-hydrogen) atoms. The van der Waals surface area contributed by atoms with Crippen LogP contribution in [-0.2, 0) is 0 Å². The Morgan fingerprint density at radius 3 is 2.76 bits per heavy atom. The topological polar surface area (TPSA) is 67.5 Å². The van der Waals surface area contributed by atoms with Gasteiger partial charge in [0.15, 0.2) is 11.3 Å². The van der Waals surface area contributed by atoms with Crippen LogP contribution < -0.4 is 0 Å². The fraction of sp³-hybridized carbons (Fsp3) is 0. The second-order valence-corrected chi connectivity index (χ2v) is 5.50. The number of hydrogen-bond acceptors (Lipinski definition) is 3. The van der Waals surface area contributed by atoms with Gasteiger partial charge in [-0.1, -0.05) is 27.5 Å². The monoisotopic (exact) mass is 369 g/mol. The lowest BCUT2D eigenvalue weighted by molar-refractivity contribution is 0.0690. The highest BCUT2D eigenvalue weighted by atomic mass is 79.9. The number of nitrogens with zero attached hydrogens (tertiary/aromatic N) is 3. The number of aromatic nitrogens is 3. The maximum absolute atomic E-state index is 13.9. The first-order valence-electron chi connectivity index (χ1n) is 5.71. The van der Waals surface area contributed by atoms with E-state index in [9.17, 15) is 9.18 Å². The third-order valence-electron chi connectivity index (χ3n) is 2.81. The number of aromatic carboxylic acids is 1. The molecule has 2 heterocycles. The minimum atomic E-state index is -1.20. The van der Waals surface area contributed by atoms with Crippen LogP contribution in [0.5, 0.6) is 0 Å². The molecule has 1 aromatic carbocycles. The molecule has 0 fully saturated rings. The smallest absolute Gasteiger partial charge is 0.354 e. The van der Waals surface area contributed by atoms with Gasteiger partial charge in [0.05, 0.1) is 5.69 Å². The van der Waals surface area contributed by atoms with E-state index < -0.39 is 11.8 Å². The molecule has 0 saturated carbocycles. The van der Waals surface area contributed by atoms with E-state index >= 15 is 0 Å². The van der Waals surface area contributed by atoms with Gasteiger partial charge in [0.25, 0.3) is 0 Å². The van der Waals surface area contributed by atoms with Gasteiger partial charge in [-0.25, -0.2) is 18.7 Å². The molecular weight excluding hydrogens is 365 g/mol. The molecule has 0 bridgehead atoms. The first kappa shape index (κ1) is 14.0.